The third-order valence-electron chi connectivity index (χ3n) is 3.10. The third kappa shape index (κ3) is 5.80. The molecular weight excluding hydrogens is 287 g/mol. The number of aromatic nitrogens is 2. The van der Waals surface area contributed by atoms with E-state index in [-0.39, 0.29) is 42.7 Å². The molecule has 5 nitrogen and oxygen atoms in total. The quantitative estimate of drug-likeness (QED) is 0.879. The van der Waals surface area contributed by atoms with Crippen molar-refractivity contribution in [3.63, 3.8) is 0 Å². The van der Waals surface area contributed by atoms with Gasteiger partial charge < -0.3 is 15.2 Å². The monoisotopic (exact) mass is 308 g/mol. The first-order valence-electron chi connectivity index (χ1n) is 6.22. The molecule has 1 unspecified atom stereocenters. The molecule has 1 aromatic rings. The van der Waals surface area contributed by atoms with Gasteiger partial charge in [0.2, 0.25) is 5.91 Å². The largest absolute Gasteiger partial charge is 0.352 e. The lowest BCUT2D eigenvalue weighted by Crippen LogP contribution is -2.44. The SMILES string of the molecule is CC(Cn1ccnc1)NC(=O)[C@@H]1CCCNC1.Cl.Cl. The highest BCUT2D eigenvalue weighted by Gasteiger charge is 2.21. The van der Waals surface area contributed by atoms with Gasteiger partial charge in [0.15, 0.2) is 0 Å². The molecule has 2 atom stereocenters. The second-order valence-electron chi connectivity index (χ2n) is 4.71. The molecule has 2 N–H and O–H groups in total. The van der Waals surface area contributed by atoms with Crippen molar-refractivity contribution in [2.24, 2.45) is 5.92 Å². The molecule has 110 valence electrons. The highest BCUT2D eigenvalue weighted by atomic mass is 35.5. The van der Waals surface area contributed by atoms with Crippen molar-refractivity contribution < 1.29 is 4.79 Å². The number of rotatable bonds is 4. The van der Waals surface area contributed by atoms with Crippen molar-refractivity contribution >= 4 is 30.7 Å². The van der Waals surface area contributed by atoms with E-state index in [0.717, 1.165) is 32.5 Å². The molecule has 2 heterocycles. The van der Waals surface area contributed by atoms with Crippen molar-refractivity contribution in [3.05, 3.63) is 18.7 Å². The molecule has 1 saturated heterocycles. The minimum Gasteiger partial charge on any atom is -0.352 e. The summed E-state index contributed by atoms with van der Waals surface area (Å²) < 4.78 is 1.98. The van der Waals surface area contributed by atoms with Crippen molar-refractivity contribution in [2.45, 2.75) is 32.4 Å². The Balaban J connectivity index is 0.00000162. The Bertz CT molecular complexity index is 353. The number of halogens is 2. The van der Waals surface area contributed by atoms with E-state index in [1.54, 1.807) is 12.5 Å². The van der Waals surface area contributed by atoms with Crippen LogP contribution in [0.15, 0.2) is 18.7 Å². The van der Waals surface area contributed by atoms with Crippen molar-refractivity contribution in [2.75, 3.05) is 13.1 Å². The van der Waals surface area contributed by atoms with Crippen LogP contribution in [0.25, 0.3) is 0 Å². The maximum absolute atomic E-state index is 12.0. The summed E-state index contributed by atoms with van der Waals surface area (Å²) in [5.74, 6) is 0.304. The number of amides is 1. The molecule has 0 saturated carbocycles. The predicted octanol–water partition coefficient (Wildman–Crippen LogP) is 1.23. The van der Waals surface area contributed by atoms with Crippen LogP contribution in [0, 0.1) is 5.92 Å². The molecule has 7 heteroatoms. The summed E-state index contributed by atoms with van der Waals surface area (Å²) in [6.07, 6.45) is 7.51. The van der Waals surface area contributed by atoms with E-state index in [1.165, 1.54) is 0 Å². The molecule has 1 aliphatic rings. The number of hydrogen-bond acceptors (Lipinski definition) is 3. The molecule has 1 fully saturated rings. The summed E-state index contributed by atoms with van der Waals surface area (Å²) in [6.45, 7) is 4.64. The average Bonchev–Trinajstić information content (AvgIpc) is 2.82. The predicted molar refractivity (Wildman–Crippen MR) is 79.9 cm³/mol. The fourth-order valence-electron chi connectivity index (χ4n) is 2.19. The molecule has 1 amide bonds. The normalized spacial score (nSPS) is 19.7. The van der Waals surface area contributed by atoms with E-state index in [0.29, 0.717) is 0 Å². The molecule has 1 aromatic heterocycles. The second-order valence-corrected chi connectivity index (χ2v) is 4.71. The van der Waals surface area contributed by atoms with Crippen LogP contribution in [0.2, 0.25) is 0 Å². The van der Waals surface area contributed by atoms with Gasteiger partial charge in [0, 0.05) is 31.5 Å². The van der Waals surface area contributed by atoms with E-state index >= 15 is 0 Å². The van der Waals surface area contributed by atoms with Crippen LogP contribution < -0.4 is 10.6 Å². The van der Waals surface area contributed by atoms with Crippen LogP contribution in [0.4, 0.5) is 0 Å². The van der Waals surface area contributed by atoms with E-state index < -0.39 is 0 Å². The summed E-state index contributed by atoms with van der Waals surface area (Å²) in [7, 11) is 0. The van der Waals surface area contributed by atoms with E-state index in [2.05, 4.69) is 15.6 Å². The minimum atomic E-state index is 0. The van der Waals surface area contributed by atoms with Gasteiger partial charge in [-0.3, -0.25) is 4.79 Å². The van der Waals surface area contributed by atoms with Crippen LogP contribution in [0.1, 0.15) is 19.8 Å². The topological polar surface area (TPSA) is 59.0 Å². The van der Waals surface area contributed by atoms with Crippen molar-refractivity contribution in [1.29, 1.82) is 0 Å². The van der Waals surface area contributed by atoms with E-state index in [9.17, 15) is 4.79 Å². The lowest BCUT2D eigenvalue weighted by atomic mass is 9.98. The van der Waals surface area contributed by atoms with Crippen LogP contribution in [-0.4, -0.2) is 34.6 Å². The van der Waals surface area contributed by atoms with Crippen LogP contribution in [0.3, 0.4) is 0 Å². The van der Waals surface area contributed by atoms with Gasteiger partial charge in [-0.1, -0.05) is 0 Å². The number of nitrogens with zero attached hydrogens (tertiary/aromatic N) is 2. The number of carbonyl (C=O) groups excluding carboxylic acids is 1. The molecular formula is C12H22Cl2N4O. The zero-order valence-electron chi connectivity index (χ0n) is 11.0. The Morgan fingerprint density at radius 3 is 2.95 bits per heavy atom. The van der Waals surface area contributed by atoms with Gasteiger partial charge in [-0.15, -0.1) is 24.8 Å². The zero-order valence-corrected chi connectivity index (χ0v) is 12.7. The van der Waals surface area contributed by atoms with Crippen LogP contribution in [-0.2, 0) is 11.3 Å². The van der Waals surface area contributed by atoms with Crippen LogP contribution >= 0.6 is 24.8 Å². The summed E-state index contributed by atoms with van der Waals surface area (Å²) in [5.41, 5.74) is 0. The Morgan fingerprint density at radius 1 is 1.58 bits per heavy atom. The number of carbonyl (C=O) groups is 1. The Morgan fingerprint density at radius 2 is 2.37 bits per heavy atom. The summed E-state index contributed by atoms with van der Waals surface area (Å²) in [5, 5.41) is 6.32. The van der Waals surface area contributed by atoms with Crippen molar-refractivity contribution in [3.8, 4) is 0 Å². The average molecular weight is 309 g/mol. The molecule has 0 bridgehead atoms. The lowest BCUT2D eigenvalue weighted by Gasteiger charge is -2.24. The zero-order chi connectivity index (χ0) is 12.1. The second kappa shape index (κ2) is 9.18. The summed E-state index contributed by atoms with van der Waals surface area (Å²) in [4.78, 5) is 15.9. The molecule has 0 spiro atoms. The fourth-order valence-corrected chi connectivity index (χ4v) is 2.19. The maximum atomic E-state index is 12.0. The number of hydrogen-bond donors (Lipinski definition) is 2. The first-order chi connectivity index (χ1) is 8.25. The van der Waals surface area contributed by atoms with Gasteiger partial charge in [-0.25, -0.2) is 4.98 Å². The molecule has 19 heavy (non-hydrogen) atoms. The maximum Gasteiger partial charge on any atom is 0.224 e. The van der Waals surface area contributed by atoms with Gasteiger partial charge in [0.1, 0.15) is 0 Å². The smallest absolute Gasteiger partial charge is 0.224 e. The Labute approximate surface area is 126 Å². The first kappa shape index (κ1) is 18.2. The standard InChI is InChI=1S/C12H20N4O.2ClH/c1-10(8-16-6-5-14-9-16)15-12(17)11-3-2-4-13-7-11;;/h5-6,9-11,13H,2-4,7-8H2,1H3,(H,15,17);2*1H/t10?,11-;;/m1../s1. The van der Waals surface area contributed by atoms with Gasteiger partial charge in [-0.2, -0.15) is 0 Å². The molecule has 1 aliphatic heterocycles. The van der Waals surface area contributed by atoms with Crippen LogP contribution in [0.5, 0.6) is 0 Å². The van der Waals surface area contributed by atoms with E-state index in [4.69, 9.17) is 0 Å². The van der Waals surface area contributed by atoms with Crippen molar-refractivity contribution in [1.82, 2.24) is 20.2 Å². The van der Waals surface area contributed by atoms with E-state index in [1.807, 2.05) is 17.7 Å². The highest BCUT2D eigenvalue weighted by Crippen LogP contribution is 2.10. The van der Waals surface area contributed by atoms with Gasteiger partial charge >= 0.3 is 0 Å². The Hall–Kier alpha value is -0.780. The van der Waals surface area contributed by atoms with Gasteiger partial charge in [0.05, 0.1) is 12.2 Å². The summed E-state index contributed by atoms with van der Waals surface area (Å²) in [6, 6.07) is 0.138. The Kier molecular flexibility index (Phi) is 8.80. The minimum absolute atomic E-state index is 0. The lowest BCUT2D eigenvalue weighted by molar-refractivity contribution is -0.126. The molecule has 2 rings (SSSR count). The molecule has 0 aromatic carbocycles. The number of imidazole rings is 1. The highest BCUT2D eigenvalue weighted by molar-refractivity contribution is 5.85. The third-order valence-corrected chi connectivity index (χ3v) is 3.10. The summed E-state index contributed by atoms with van der Waals surface area (Å²) >= 11 is 0. The molecule has 0 radical (unpaired) electrons. The molecule has 0 aliphatic carbocycles. The first-order valence-corrected chi connectivity index (χ1v) is 6.22. The number of nitrogens with one attached hydrogen (secondary N) is 2. The number of piperidine rings is 1. The van der Waals surface area contributed by atoms with Gasteiger partial charge in [0.25, 0.3) is 0 Å². The van der Waals surface area contributed by atoms with Gasteiger partial charge in [-0.05, 0) is 26.3 Å². The fraction of sp³-hybridized carbons (Fsp3) is 0.667.